The second-order valence-corrected chi connectivity index (χ2v) is 8.79. The van der Waals surface area contributed by atoms with Gasteiger partial charge < -0.3 is 0 Å². The van der Waals surface area contributed by atoms with E-state index in [-0.39, 0.29) is 11.0 Å². The predicted octanol–water partition coefficient (Wildman–Crippen LogP) is 3.64. The Labute approximate surface area is 158 Å². The molecule has 0 aliphatic carbocycles. The predicted molar refractivity (Wildman–Crippen MR) is 107 cm³/mol. The highest BCUT2D eigenvalue weighted by Gasteiger charge is 2.13. The minimum Gasteiger partial charge on any atom is -0.296 e. The van der Waals surface area contributed by atoms with Crippen molar-refractivity contribution in [3.05, 3.63) is 62.5 Å². The van der Waals surface area contributed by atoms with Gasteiger partial charge >= 0.3 is 0 Å². The maximum Gasteiger partial charge on any atom is 0.275 e. The van der Waals surface area contributed by atoms with Gasteiger partial charge in [0.05, 0.1) is 5.69 Å². The van der Waals surface area contributed by atoms with Crippen LogP contribution < -0.4 is 5.56 Å². The van der Waals surface area contributed by atoms with Gasteiger partial charge in [0.25, 0.3) is 5.56 Å². The largest absolute Gasteiger partial charge is 0.296 e. The van der Waals surface area contributed by atoms with Gasteiger partial charge in [-0.25, -0.2) is 4.98 Å². The molecule has 0 saturated carbocycles. The van der Waals surface area contributed by atoms with E-state index in [1.54, 1.807) is 6.07 Å². The van der Waals surface area contributed by atoms with Crippen LogP contribution in [0.1, 0.15) is 49.5 Å². The van der Waals surface area contributed by atoms with E-state index in [0.717, 1.165) is 23.7 Å². The van der Waals surface area contributed by atoms with E-state index in [9.17, 15) is 4.79 Å². The Balaban J connectivity index is 1.72. The number of aryl methyl sites for hydroxylation is 1. The van der Waals surface area contributed by atoms with Gasteiger partial charge in [-0.2, -0.15) is 9.61 Å². The summed E-state index contributed by atoms with van der Waals surface area (Å²) in [6, 6.07) is 10.3. The molecule has 0 atom stereocenters. The first-order valence-corrected chi connectivity index (χ1v) is 9.74. The molecule has 138 valence electrons. The van der Waals surface area contributed by atoms with Gasteiger partial charge in [0.1, 0.15) is 5.01 Å². The van der Waals surface area contributed by atoms with E-state index < -0.39 is 0 Å². The molecule has 3 aromatic rings. The van der Waals surface area contributed by atoms with Crippen molar-refractivity contribution in [1.82, 2.24) is 19.5 Å². The molecule has 0 amide bonds. The van der Waals surface area contributed by atoms with Crippen LogP contribution in [-0.2, 0) is 24.9 Å². The van der Waals surface area contributed by atoms with Gasteiger partial charge in [-0.1, -0.05) is 63.3 Å². The first kappa shape index (κ1) is 18.7. The molecule has 0 spiro atoms. The van der Waals surface area contributed by atoms with Gasteiger partial charge in [0.15, 0.2) is 0 Å². The lowest BCUT2D eigenvalue weighted by atomic mass is 9.87. The average Bonchev–Trinajstić information content (AvgIpc) is 2.98. The Morgan fingerprint density at radius 1 is 1.15 bits per heavy atom. The van der Waals surface area contributed by atoms with Crippen molar-refractivity contribution < 1.29 is 0 Å². The third-order valence-corrected chi connectivity index (χ3v) is 5.40. The molecule has 0 bridgehead atoms. The van der Waals surface area contributed by atoms with E-state index in [2.05, 4.69) is 60.0 Å². The van der Waals surface area contributed by atoms with Crippen molar-refractivity contribution in [2.24, 2.45) is 0 Å². The quantitative estimate of drug-likeness (QED) is 0.688. The topological polar surface area (TPSA) is 50.5 Å². The van der Waals surface area contributed by atoms with Crippen LogP contribution in [0.15, 0.2) is 35.1 Å². The lowest BCUT2D eigenvalue weighted by molar-refractivity contribution is 0.315. The molecule has 0 fully saturated rings. The van der Waals surface area contributed by atoms with Crippen LogP contribution in [0.25, 0.3) is 4.96 Å². The van der Waals surface area contributed by atoms with Crippen molar-refractivity contribution in [3.8, 4) is 0 Å². The van der Waals surface area contributed by atoms with Crippen molar-refractivity contribution >= 4 is 16.3 Å². The molecule has 0 aliphatic heterocycles. The summed E-state index contributed by atoms with van der Waals surface area (Å²) in [6.45, 7) is 10.1. The Morgan fingerprint density at radius 2 is 1.85 bits per heavy atom. The summed E-state index contributed by atoms with van der Waals surface area (Å²) >= 11 is 1.48. The number of hydrogen-bond acceptors (Lipinski definition) is 5. The molecular weight excluding hydrogens is 344 g/mol. The number of nitrogens with zero attached hydrogens (tertiary/aromatic N) is 4. The molecule has 0 saturated heterocycles. The molecule has 0 aliphatic rings. The zero-order chi connectivity index (χ0) is 18.9. The highest BCUT2D eigenvalue weighted by Crippen LogP contribution is 2.22. The molecule has 0 N–H and O–H groups in total. The van der Waals surface area contributed by atoms with Gasteiger partial charge in [-0.3, -0.25) is 9.69 Å². The van der Waals surface area contributed by atoms with Crippen LogP contribution in [0.2, 0.25) is 0 Å². The standard InChI is InChI=1S/C20H26N4OS/c1-6-17-22-24-18(25)11-16(21-19(24)26-17)13-23(5)12-14-7-9-15(10-8-14)20(2,3)4/h7-11H,6,12-13H2,1-5H3. The van der Waals surface area contributed by atoms with Crippen LogP contribution in [0.5, 0.6) is 0 Å². The molecule has 0 radical (unpaired) electrons. The molecule has 5 nitrogen and oxygen atoms in total. The number of fused-ring (bicyclic) bond motifs is 1. The Hall–Kier alpha value is -2.05. The first-order valence-electron chi connectivity index (χ1n) is 8.93. The molecule has 3 rings (SSSR count). The van der Waals surface area contributed by atoms with Crippen LogP contribution in [0, 0.1) is 0 Å². The average molecular weight is 371 g/mol. The molecule has 6 heteroatoms. The summed E-state index contributed by atoms with van der Waals surface area (Å²) in [5.41, 5.74) is 3.43. The van der Waals surface area contributed by atoms with Gasteiger partial charge in [0.2, 0.25) is 4.96 Å². The number of hydrogen-bond donors (Lipinski definition) is 0. The minimum absolute atomic E-state index is 0.108. The van der Waals surface area contributed by atoms with E-state index in [1.807, 2.05) is 14.0 Å². The first-order chi connectivity index (χ1) is 12.3. The summed E-state index contributed by atoms with van der Waals surface area (Å²) in [5.74, 6) is 0. The van der Waals surface area contributed by atoms with Crippen molar-refractivity contribution in [2.45, 2.75) is 52.6 Å². The molecule has 2 heterocycles. The lowest BCUT2D eigenvalue weighted by Crippen LogP contribution is -2.22. The van der Waals surface area contributed by atoms with Crippen molar-refractivity contribution in [3.63, 3.8) is 0 Å². The third kappa shape index (κ3) is 4.19. The van der Waals surface area contributed by atoms with Crippen molar-refractivity contribution in [1.29, 1.82) is 0 Å². The molecule has 2 aromatic heterocycles. The van der Waals surface area contributed by atoms with Crippen LogP contribution >= 0.6 is 11.3 Å². The normalized spacial score (nSPS) is 12.2. The SMILES string of the molecule is CCc1nn2c(=O)cc(CN(C)Cc3ccc(C(C)(C)C)cc3)nc2s1. The fourth-order valence-corrected chi connectivity index (χ4v) is 3.73. The van der Waals surface area contributed by atoms with Gasteiger partial charge in [0, 0.05) is 19.2 Å². The summed E-state index contributed by atoms with van der Waals surface area (Å²) in [7, 11) is 2.05. The van der Waals surface area contributed by atoms with Gasteiger partial charge in [-0.05, 0) is 30.0 Å². The smallest absolute Gasteiger partial charge is 0.275 e. The number of aromatic nitrogens is 3. The summed E-state index contributed by atoms with van der Waals surface area (Å²) in [5, 5.41) is 5.22. The molecule has 26 heavy (non-hydrogen) atoms. The van der Waals surface area contributed by atoms with Crippen LogP contribution in [0.4, 0.5) is 0 Å². The second-order valence-electron chi connectivity index (χ2n) is 7.75. The lowest BCUT2D eigenvalue weighted by Gasteiger charge is -2.20. The Bertz CT molecular complexity index is 951. The van der Waals surface area contributed by atoms with Crippen molar-refractivity contribution in [2.75, 3.05) is 7.05 Å². The maximum atomic E-state index is 12.2. The highest BCUT2D eigenvalue weighted by atomic mass is 32.1. The van der Waals surface area contributed by atoms with Crippen LogP contribution in [0.3, 0.4) is 0 Å². The van der Waals surface area contributed by atoms with E-state index >= 15 is 0 Å². The maximum absolute atomic E-state index is 12.2. The summed E-state index contributed by atoms with van der Waals surface area (Å²) in [6.07, 6.45) is 0.813. The number of benzene rings is 1. The third-order valence-electron chi connectivity index (χ3n) is 4.35. The van der Waals surface area contributed by atoms with E-state index in [1.165, 1.54) is 27.0 Å². The highest BCUT2D eigenvalue weighted by molar-refractivity contribution is 7.16. The Morgan fingerprint density at radius 3 is 2.46 bits per heavy atom. The Kier molecular flexibility index (Phi) is 5.25. The monoisotopic (exact) mass is 370 g/mol. The minimum atomic E-state index is -0.108. The fourth-order valence-electron chi connectivity index (χ4n) is 2.87. The molecule has 0 unspecified atom stereocenters. The summed E-state index contributed by atoms with van der Waals surface area (Å²) < 4.78 is 1.40. The molecule has 1 aromatic carbocycles. The zero-order valence-corrected chi connectivity index (χ0v) is 16.9. The molecular formula is C20H26N4OS. The van der Waals surface area contributed by atoms with Crippen LogP contribution in [-0.4, -0.2) is 26.5 Å². The zero-order valence-electron chi connectivity index (χ0n) is 16.1. The fraction of sp³-hybridized carbons (Fsp3) is 0.450. The van der Waals surface area contributed by atoms with E-state index in [0.29, 0.717) is 11.5 Å². The second kappa shape index (κ2) is 7.29. The van der Waals surface area contributed by atoms with E-state index in [4.69, 9.17) is 0 Å². The van der Waals surface area contributed by atoms with Gasteiger partial charge in [-0.15, -0.1) is 0 Å². The number of rotatable bonds is 5. The summed E-state index contributed by atoms with van der Waals surface area (Å²) in [4.78, 5) is 19.7.